The summed E-state index contributed by atoms with van der Waals surface area (Å²) in [5.41, 5.74) is 0.499. The number of carbonyl (C=O) groups excluding carboxylic acids is 1. The SMILES string of the molecule is CCOc1ccc(NC(=O)C(C)Sc2nnc(C(C)(C)C)n2N)cc1. The summed E-state index contributed by atoms with van der Waals surface area (Å²) in [6.07, 6.45) is 0. The molecule has 7 nitrogen and oxygen atoms in total. The average molecular weight is 363 g/mol. The van der Waals surface area contributed by atoms with E-state index in [-0.39, 0.29) is 16.6 Å². The number of anilines is 1. The molecule has 1 heterocycles. The maximum Gasteiger partial charge on any atom is 0.237 e. The predicted molar refractivity (Wildman–Crippen MR) is 100 cm³/mol. The fourth-order valence-electron chi connectivity index (χ4n) is 2.13. The van der Waals surface area contributed by atoms with Gasteiger partial charge in [-0.1, -0.05) is 32.5 Å². The van der Waals surface area contributed by atoms with Gasteiger partial charge in [0.2, 0.25) is 11.1 Å². The lowest BCUT2D eigenvalue weighted by Gasteiger charge is -2.17. The molecule has 0 fully saturated rings. The molecular formula is C17H25N5O2S. The summed E-state index contributed by atoms with van der Waals surface area (Å²) in [7, 11) is 0. The van der Waals surface area contributed by atoms with Gasteiger partial charge in [0.1, 0.15) is 5.75 Å². The third-order valence-electron chi connectivity index (χ3n) is 3.42. The molecule has 0 radical (unpaired) electrons. The molecule has 8 heteroatoms. The van der Waals surface area contributed by atoms with Gasteiger partial charge in [0, 0.05) is 11.1 Å². The molecule has 1 aromatic carbocycles. The van der Waals surface area contributed by atoms with Crippen LogP contribution in [0.2, 0.25) is 0 Å². The van der Waals surface area contributed by atoms with Crippen molar-refractivity contribution in [2.24, 2.45) is 0 Å². The molecule has 1 atom stereocenters. The second-order valence-corrected chi connectivity index (χ2v) is 7.94. The summed E-state index contributed by atoms with van der Waals surface area (Å²) in [6.45, 7) is 10.4. The Kier molecular flexibility index (Phi) is 5.94. The Hall–Kier alpha value is -2.22. The van der Waals surface area contributed by atoms with Gasteiger partial charge in [0.05, 0.1) is 11.9 Å². The monoisotopic (exact) mass is 363 g/mol. The van der Waals surface area contributed by atoms with Gasteiger partial charge in [0.15, 0.2) is 5.82 Å². The highest BCUT2D eigenvalue weighted by molar-refractivity contribution is 8.00. The highest BCUT2D eigenvalue weighted by Gasteiger charge is 2.25. The molecule has 0 saturated heterocycles. The van der Waals surface area contributed by atoms with E-state index < -0.39 is 0 Å². The Bertz CT molecular complexity index is 722. The molecular weight excluding hydrogens is 338 g/mol. The van der Waals surface area contributed by atoms with Gasteiger partial charge in [-0.05, 0) is 38.1 Å². The van der Waals surface area contributed by atoms with Crippen LogP contribution in [0.1, 0.15) is 40.4 Å². The van der Waals surface area contributed by atoms with Gasteiger partial charge in [-0.25, -0.2) is 4.68 Å². The first-order valence-corrected chi connectivity index (χ1v) is 9.01. The number of nitrogens with one attached hydrogen (secondary N) is 1. The molecule has 0 bridgehead atoms. The quantitative estimate of drug-likeness (QED) is 0.605. The van der Waals surface area contributed by atoms with Crippen LogP contribution in [0.25, 0.3) is 0 Å². The van der Waals surface area contributed by atoms with Crippen molar-refractivity contribution in [3.8, 4) is 5.75 Å². The lowest BCUT2D eigenvalue weighted by molar-refractivity contribution is -0.115. The number of amides is 1. The number of hydrogen-bond donors (Lipinski definition) is 2. The van der Waals surface area contributed by atoms with E-state index in [9.17, 15) is 4.79 Å². The van der Waals surface area contributed by atoms with Gasteiger partial charge in [-0.15, -0.1) is 10.2 Å². The second-order valence-electron chi connectivity index (χ2n) is 6.63. The van der Waals surface area contributed by atoms with Crippen molar-refractivity contribution >= 4 is 23.4 Å². The molecule has 1 unspecified atom stereocenters. The van der Waals surface area contributed by atoms with E-state index in [0.29, 0.717) is 23.3 Å². The third kappa shape index (κ3) is 4.88. The van der Waals surface area contributed by atoms with E-state index in [0.717, 1.165) is 5.75 Å². The Morgan fingerprint density at radius 1 is 1.32 bits per heavy atom. The zero-order chi connectivity index (χ0) is 18.6. The molecule has 2 aromatic rings. The van der Waals surface area contributed by atoms with Gasteiger partial charge in [0.25, 0.3) is 0 Å². The molecule has 1 amide bonds. The number of hydrogen-bond acceptors (Lipinski definition) is 6. The topological polar surface area (TPSA) is 95.1 Å². The molecule has 0 aliphatic carbocycles. The average Bonchev–Trinajstić information content (AvgIpc) is 2.90. The molecule has 25 heavy (non-hydrogen) atoms. The van der Waals surface area contributed by atoms with Gasteiger partial charge in [-0.3, -0.25) is 4.79 Å². The first-order chi connectivity index (χ1) is 11.7. The minimum atomic E-state index is -0.370. The van der Waals surface area contributed by atoms with Crippen molar-refractivity contribution in [2.45, 2.75) is 50.4 Å². The molecule has 0 spiro atoms. The number of nitrogens with two attached hydrogens (primary N) is 1. The lowest BCUT2D eigenvalue weighted by Crippen LogP contribution is -2.26. The van der Waals surface area contributed by atoms with Gasteiger partial charge in [-0.2, -0.15) is 0 Å². The summed E-state index contributed by atoms with van der Waals surface area (Å²) in [5.74, 6) is 7.38. The van der Waals surface area contributed by atoms with E-state index in [1.54, 1.807) is 6.92 Å². The van der Waals surface area contributed by atoms with Crippen LogP contribution < -0.4 is 15.9 Å². The normalized spacial score (nSPS) is 12.7. The van der Waals surface area contributed by atoms with E-state index in [4.69, 9.17) is 10.6 Å². The van der Waals surface area contributed by atoms with Crippen LogP contribution in [0.4, 0.5) is 5.69 Å². The van der Waals surface area contributed by atoms with Crippen molar-refractivity contribution in [1.29, 1.82) is 0 Å². The highest BCUT2D eigenvalue weighted by Crippen LogP contribution is 2.26. The number of thioether (sulfide) groups is 1. The second kappa shape index (κ2) is 7.77. The molecule has 2 rings (SSSR count). The predicted octanol–water partition coefficient (Wildman–Crippen LogP) is 2.81. The van der Waals surface area contributed by atoms with Gasteiger partial charge >= 0.3 is 0 Å². The number of aromatic nitrogens is 3. The van der Waals surface area contributed by atoms with Crippen LogP contribution in [0.5, 0.6) is 5.75 Å². The maximum atomic E-state index is 12.4. The van der Waals surface area contributed by atoms with Crippen molar-refractivity contribution in [2.75, 3.05) is 17.8 Å². The lowest BCUT2D eigenvalue weighted by atomic mass is 9.96. The molecule has 0 saturated carbocycles. The maximum absolute atomic E-state index is 12.4. The number of rotatable bonds is 6. The number of benzene rings is 1. The molecule has 0 aliphatic rings. The van der Waals surface area contributed by atoms with Crippen molar-refractivity contribution in [3.05, 3.63) is 30.1 Å². The summed E-state index contributed by atoms with van der Waals surface area (Å²) in [6, 6.07) is 7.26. The first-order valence-electron chi connectivity index (χ1n) is 8.13. The van der Waals surface area contributed by atoms with E-state index in [1.165, 1.54) is 16.4 Å². The summed E-state index contributed by atoms with van der Waals surface area (Å²) in [5, 5.41) is 11.2. The van der Waals surface area contributed by atoms with Crippen molar-refractivity contribution in [1.82, 2.24) is 14.9 Å². The molecule has 1 aromatic heterocycles. The largest absolute Gasteiger partial charge is 0.494 e. The van der Waals surface area contributed by atoms with Gasteiger partial charge < -0.3 is 15.9 Å². The van der Waals surface area contributed by atoms with E-state index >= 15 is 0 Å². The Morgan fingerprint density at radius 2 is 1.96 bits per heavy atom. The number of nitrogens with zero attached hydrogens (tertiary/aromatic N) is 3. The third-order valence-corrected chi connectivity index (χ3v) is 4.48. The van der Waals surface area contributed by atoms with Crippen LogP contribution in [-0.2, 0) is 10.2 Å². The summed E-state index contributed by atoms with van der Waals surface area (Å²) in [4.78, 5) is 12.4. The molecule has 0 aliphatic heterocycles. The van der Waals surface area contributed by atoms with Crippen molar-refractivity contribution in [3.63, 3.8) is 0 Å². The Labute approximate surface area is 152 Å². The molecule has 136 valence electrons. The summed E-state index contributed by atoms with van der Waals surface area (Å²) < 4.78 is 6.84. The van der Waals surface area contributed by atoms with Crippen molar-refractivity contribution < 1.29 is 9.53 Å². The summed E-state index contributed by atoms with van der Waals surface area (Å²) >= 11 is 1.27. The van der Waals surface area contributed by atoms with Crippen LogP contribution in [-0.4, -0.2) is 32.6 Å². The van der Waals surface area contributed by atoms with E-state index in [1.807, 2.05) is 52.0 Å². The standard InChI is InChI=1S/C17H25N5O2S/c1-6-24-13-9-7-12(8-10-13)19-14(23)11(2)25-16-21-20-15(22(16)18)17(3,4)5/h7-11H,6,18H2,1-5H3,(H,19,23). The van der Waals surface area contributed by atoms with Crippen LogP contribution in [0.15, 0.2) is 29.4 Å². The smallest absolute Gasteiger partial charge is 0.237 e. The zero-order valence-corrected chi connectivity index (χ0v) is 16.1. The fraction of sp³-hybridized carbons (Fsp3) is 0.471. The van der Waals surface area contributed by atoms with Crippen LogP contribution >= 0.6 is 11.8 Å². The Balaban J connectivity index is 2.00. The Morgan fingerprint density at radius 3 is 2.48 bits per heavy atom. The molecule has 3 N–H and O–H groups in total. The number of nitrogen functional groups attached to an aromatic ring is 1. The van der Waals surface area contributed by atoms with E-state index in [2.05, 4.69) is 15.5 Å². The number of ether oxygens (including phenoxy) is 1. The number of carbonyl (C=O) groups is 1. The fourth-order valence-corrected chi connectivity index (χ4v) is 2.90. The highest BCUT2D eigenvalue weighted by atomic mass is 32.2. The first kappa shape index (κ1) is 19.1. The van der Waals surface area contributed by atoms with Crippen LogP contribution in [0.3, 0.4) is 0 Å². The van der Waals surface area contributed by atoms with Crippen LogP contribution in [0, 0.1) is 0 Å². The zero-order valence-electron chi connectivity index (χ0n) is 15.2. The minimum absolute atomic E-state index is 0.130. The minimum Gasteiger partial charge on any atom is -0.494 e.